The highest BCUT2D eigenvalue weighted by Gasteiger charge is 2.41. The number of rotatable bonds is 11. The second kappa shape index (κ2) is 12.9. The van der Waals surface area contributed by atoms with E-state index in [-0.39, 0.29) is 11.9 Å². The SMILES string of the molecule is CCCCCNC(=O)C(c1cc(C)cc(C)c1)N(C(=O)C(CO)NC(=O)OC(C)(C)C)C1CCC1. The topological polar surface area (TPSA) is 108 Å². The first-order valence-corrected chi connectivity index (χ1v) is 12.7. The maximum atomic E-state index is 13.8. The largest absolute Gasteiger partial charge is 0.444 e. The summed E-state index contributed by atoms with van der Waals surface area (Å²) >= 11 is 0. The summed E-state index contributed by atoms with van der Waals surface area (Å²) in [6.45, 7) is 11.1. The van der Waals surface area contributed by atoms with Crippen molar-refractivity contribution in [3.05, 3.63) is 34.9 Å². The molecule has 8 heteroatoms. The van der Waals surface area contributed by atoms with Gasteiger partial charge in [0.25, 0.3) is 0 Å². The van der Waals surface area contributed by atoms with Crippen molar-refractivity contribution in [3.8, 4) is 0 Å². The van der Waals surface area contributed by atoms with Crippen molar-refractivity contribution in [1.82, 2.24) is 15.5 Å². The summed E-state index contributed by atoms with van der Waals surface area (Å²) < 4.78 is 5.29. The lowest BCUT2D eigenvalue weighted by atomic mass is 9.87. The summed E-state index contributed by atoms with van der Waals surface area (Å²) in [5.74, 6) is -0.740. The molecular weight excluding hydrogens is 446 g/mol. The van der Waals surface area contributed by atoms with Crippen molar-refractivity contribution in [2.24, 2.45) is 0 Å². The minimum atomic E-state index is -1.22. The molecule has 1 aromatic rings. The molecule has 0 aliphatic heterocycles. The number of hydrogen-bond acceptors (Lipinski definition) is 5. The van der Waals surface area contributed by atoms with Crippen LogP contribution in [0.3, 0.4) is 0 Å². The number of unbranched alkanes of at least 4 members (excludes halogenated alkanes) is 2. The second-order valence-corrected chi connectivity index (χ2v) is 10.5. The molecular formula is C27H43N3O5. The molecule has 3 amide bonds. The van der Waals surface area contributed by atoms with E-state index in [9.17, 15) is 19.5 Å². The Morgan fingerprint density at radius 3 is 2.23 bits per heavy atom. The van der Waals surface area contributed by atoms with Gasteiger partial charge in [0.15, 0.2) is 0 Å². The van der Waals surface area contributed by atoms with Gasteiger partial charge in [0.1, 0.15) is 17.7 Å². The van der Waals surface area contributed by atoms with Crippen LogP contribution in [0.1, 0.15) is 89.0 Å². The van der Waals surface area contributed by atoms with Crippen LogP contribution in [0.25, 0.3) is 0 Å². The summed E-state index contributed by atoms with van der Waals surface area (Å²) in [5, 5.41) is 15.5. The monoisotopic (exact) mass is 489 g/mol. The van der Waals surface area contributed by atoms with Crippen LogP contribution in [0.15, 0.2) is 18.2 Å². The highest BCUT2D eigenvalue weighted by molar-refractivity contribution is 5.92. The van der Waals surface area contributed by atoms with Gasteiger partial charge < -0.3 is 25.4 Å². The van der Waals surface area contributed by atoms with Gasteiger partial charge in [0, 0.05) is 12.6 Å². The average molecular weight is 490 g/mol. The highest BCUT2D eigenvalue weighted by Crippen LogP contribution is 2.34. The van der Waals surface area contributed by atoms with Crippen molar-refractivity contribution in [2.45, 2.75) is 104 Å². The third kappa shape index (κ3) is 8.53. The number of aryl methyl sites for hydroxylation is 2. The third-order valence-corrected chi connectivity index (χ3v) is 6.06. The van der Waals surface area contributed by atoms with Crippen LogP contribution in [0.5, 0.6) is 0 Å². The number of benzene rings is 1. The molecule has 0 saturated heterocycles. The smallest absolute Gasteiger partial charge is 0.408 e. The lowest BCUT2D eigenvalue weighted by Crippen LogP contribution is -2.58. The van der Waals surface area contributed by atoms with Gasteiger partial charge >= 0.3 is 6.09 Å². The number of amides is 3. The average Bonchev–Trinajstić information content (AvgIpc) is 2.71. The molecule has 196 valence electrons. The molecule has 1 aliphatic rings. The molecule has 0 spiro atoms. The number of nitrogens with zero attached hydrogens (tertiary/aromatic N) is 1. The van der Waals surface area contributed by atoms with Crippen molar-refractivity contribution in [2.75, 3.05) is 13.2 Å². The van der Waals surface area contributed by atoms with E-state index in [4.69, 9.17) is 4.74 Å². The summed E-state index contributed by atoms with van der Waals surface area (Å²) in [6, 6.07) is 3.66. The van der Waals surface area contributed by atoms with Crippen LogP contribution in [-0.2, 0) is 14.3 Å². The molecule has 2 atom stereocenters. The number of alkyl carbamates (subject to hydrolysis) is 1. The predicted molar refractivity (Wildman–Crippen MR) is 136 cm³/mol. The summed E-state index contributed by atoms with van der Waals surface area (Å²) in [6.07, 6.45) is 4.60. The van der Waals surface area contributed by atoms with Gasteiger partial charge in [0.05, 0.1) is 6.61 Å². The van der Waals surface area contributed by atoms with Gasteiger partial charge in [-0.1, -0.05) is 49.1 Å². The Hall–Kier alpha value is -2.61. The number of carbonyl (C=O) groups is 3. The van der Waals surface area contributed by atoms with Crippen LogP contribution in [0.4, 0.5) is 4.79 Å². The number of ether oxygens (including phenoxy) is 1. The number of aliphatic hydroxyl groups is 1. The van der Waals surface area contributed by atoms with E-state index < -0.39 is 36.3 Å². The van der Waals surface area contributed by atoms with Crippen LogP contribution in [0, 0.1) is 13.8 Å². The molecule has 35 heavy (non-hydrogen) atoms. The molecule has 0 radical (unpaired) electrons. The Labute approximate surface area is 209 Å². The minimum Gasteiger partial charge on any atom is -0.444 e. The number of hydrogen-bond donors (Lipinski definition) is 3. The predicted octanol–water partition coefficient (Wildman–Crippen LogP) is 3.92. The fraction of sp³-hybridized carbons (Fsp3) is 0.667. The molecule has 1 fully saturated rings. The normalized spacial score (nSPS) is 15.5. The van der Waals surface area contributed by atoms with Crippen LogP contribution >= 0.6 is 0 Å². The molecule has 1 aromatic carbocycles. The fourth-order valence-corrected chi connectivity index (χ4v) is 4.29. The van der Waals surface area contributed by atoms with Gasteiger partial charge in [-0.05, 0) is 65.9 Å². The lowest BCUT2D eigenvalue weighted by molar-refractivity contribution is -0.148. The first kappa shape index (κ1) is 28.6. The maximum absolute atomic E-state index is 13.8. The van der Waals surface area contributed by atoms with Crippen LogP contribution in [-0.4, -0.2) is 58.8 Å². The van der Waals surface area contributed by atoms with E-state index in [0.29, 0.717) is 6.54 Å². The molecule has 1 saturated carbocycles. The Bertz CT molecular complexity index is 856. The zero-order chi connectivity index (χ0) is 26.2. The maximum Gasteiger partial charge on any atom is 0.408 e. The van der Waals surface area contributed by atoms with Crippen molar-refractivity contribution in [3.63, 3.8) is 0 Å². The van der Waals surface area contributed by atoms with Crippen molar-refractivity contribution in [1.29, 1.82) is 0 Å². The van der Waals surface area contributed by atoms with Crippen molar-refractivity contribution >= 4 is 17.9 Å². The minimum absolute atomic E-state index is 0.149. The van der Waals surface area contributed by atoms with Crippen molar-refractivity contribution < 1.29 is 24.2 Å². The van der Waals surface area contributed by atoms with Gasteiger partial charge in [-0.25, -0.2) is 4.79 Å². The van der Waals surface area contributed by atoms with Gasteiger partial charge in [-0.3, -0.25) is 9.59 Å². The Kier molecular flexibility index (Phi) is 10.6. The molecule has 1 aliphatic carbocycles. The second-order valence-electron chi connectivity index (χ2n) is 10.5. The van der Waals surface area contributed by atoms with E-state index in [1.165, 1.54) is 0 Å². The Balaban J connectivity index is 2.40. The summed E-state index contributed by atoms with van der Waals surface area (Å²) in [4.78, 5) is 41.3. The van der Waals surface area contributed by atoms with E-state index in [0.717, 1.165) is 55.2 Å². The van der Waals surface area contributed by atoms with E-state index >= 15 is 0 Å². The molecule has 3 N–H and O–H groups in total. The first-order valence-electron chi connectivity index (χ1n) is 12.7. The fourth-order valence-electron chi connectivity index (χ4n) is 4.29. The van der Waals surface area contributed by atoms with Crippen LogP contribution < -0.4 is 10.6 Å². The first-order chi connectivity index (χ1) is 16.5. The Morgan fingerprint density at radius 1 is 1.11 bits per heavy atom. The van der Waals surface area contributed by atoms with E-state index in [2.05, 4.69) is 17.6 Å². The van der Waals surface area contributed by atoms with Gasteiger partial charge in [-0.2, -0.15) is 0 Å². The summed E-state index contributed by atoms with van der Waals surface area (Å²) in [7, 11) is 0. The van der Waals surface area contributed by atoms with E-state index in [1.54, 1.807) is 25.7 Å². The number of nitrogens with one attached hydrogen (secondary N) is 2. The zero-order valence-corrected chi connectivity index (χ0v) is 22.1. The molecule has 2 unspecified atom stereocenters. The summed E-state index contributed by atoms with van der Waals surface area (Å²) in [5.41, 5.74) is 1.97. The molecule has 0 bridgehead atoms. The van der Waals surface area contributed by atoms with E-state index in [1.807, 2.05) is 32.0 Å². The molecule has 0 aromatic heterocycles. The third-order valence-electron chi connectivity index (χ3n) is 6.06. The lowest BCUT2D eigenvalue weighted by Gasteiger charge is -2.43. The standard InChI is InChI=1S/C27H43N3O5/c1-7-8-9-13-28-24(32)23(20-15-18(2)14-19(3)16-20)30(21-11-10-12-21)25(33)22(17-31)29-26(34)35-27(4,5)6/h14-16,21-23,31H,7-13,17H2,1-6H3,(H,28,32)(H,29,34). The number of carbonyl (C=O) groups excluding carboxylic acids is 3. The zero-order valence-electron chi connectivity index (χ0n) is 22.1. The number of aliphatic hydroxyl groups excluding tert-OH is 1. The van der Waals surface area contributed by atoms with Gasteiger partial charge in [0.2, 0.25) is 11.8 Å². The quantitative estimate of drug-likeness (QED) is 0.409. The molecule has 0 heterocycles. The molecule has 8 nitrogen and oxygen atoms in total. The van der Waals surface area contributed by atoms with Gasteiger partial charge in [-0.15, -0.1) is 0 Å². The van der Waals surface area contributed by atoms with Crippen LogP contribution in [0.2, 0.25) is 0 Å². The highest BCUT2D eigenvalue weighted by atomic mass is 16.6. The molecule has 2 rings (SSSR count). The Morgan fingerprint density at radius 2 is 1.74 bits per heavy atom.